The molecule has 0 unspecified atom stereocenters. The first-order chi connectivity index (χ1) is 21.9. The number of carbonyl (C=O) groups is 1. The van der Waals surface area contributed by atoms with Gasteiger partial charge < -0.3 is 33.3 Å². The van der Waals surface area contributed by atoms with E-state index in [-0.39, 0.29) is 5.91 Å². The average molecular weight is 614 g/mol. The molecule has 0 radical (unpaired) electrons. The smallest absolute Gasteiger partial charge is 0.253 e. The minimum Gasteiger partial charge on any atom is -0.493 e. The molecule has 0 saturated carbocycles. The normalized spacial score (nSPS) is 13.2. The molecule has 3 aromatic carbocycles. The van der Waals surface area contributed by atoms with Gasteiger partial charge in [-0.2, -0.15) is 0 Å². The Balaban J connectivity index is 1.25. The van der Waals surface area contributed by atoms with Crippen LogP contribution < -0.4 is 28.4 Å². The summed E-state index contributed by atoms with van der Waals surface area (Å²) in [6.45, 7) is 3.55. The Kier molecular flexibility index (Phi) is 9.94. The lowest BCUT2D eigenvalue weighted by Gasteiger charge is -2.35. The zero-order chi connectivity index (χ0) is 31.9. The third-order valence-corrected chi connectivity index (χ3v) is 7.96. The van der Waals surface area contributed by atoms with Gasteiger partial charge in [-0.25, -0.2) is 0 Å². The third-order valence-electron chi connectivity index (χ3n) is 7.96. The molecule has 236 valence electrons. The number of pyridine rings is 1. The molecule has 2 heterocycles. The van der Waals surface area contributed by atoms with Crippen LogP contribution in [-0.2, 0) is 6.54 Å². The van der Waals surface area contributed by atoms with E-state index in [1.165, 1.54) is 0 Å². The van der Waals surface area contributed by atoms with Crippen LogP contribution in [0.2, 0.25) is 0 Å². The summed E-state index contributed by atoms with van der Waals surface area (Å²) in [6, 6.07) is 19.3. The summed E-state index contributed by atoms with van der Waals surface area (Å²) in [5, 5.41) is 0. The molecule has 1 saturated heterocycles. The van der Waals surface area contributed by atoms with Gasteiger partial charge in [0.2, 0.25) is 11.5 Å². The van der Waals surface area contributed by atoms with Gasteiger partial charge in [-0.05, 0) is 65.2 Å². The summed E-state index contributed by atoms with van der Waals surface area (Å²) >= 11 is 0. The minimum atomic E-state index is 0.0116. The highest BCUT2D eigenvalue weighted by Crippen LogP contribution is 2.42. The fraction of sp³-hybridized carbons (Fsp3) is 0.314. The average Bonchev–Trinajstić information content (AvgIpc) is 3.10. The molecule has 0 bridgehead atoms. The van der Waals surface area contributed by atoms with Gasteiger partial charge in [0.05, 0.1) is 48.4 Å². The number of benzene rings is 3. The summed E-state index contributed by atoms with van der Waals surface area (Å²) in [7, 11) is 9.53. The van der Waals surface area contributed by atoms with Gasteiger partial charge in [-0.15, -0.1) is 0 Å². The second-order valence-corrected chi connectivity index (χ2v) is 10.5. The van der Waals surface area contributed by atoms with Crippen molar-refractivity contribution in [2.75, 3.05) is 68.8 Å². The molecular weight excluding hydrogens is 574 g/mol. The van der Waals surface area contributed by atoms with Crippen molar-refractivity contribution in [3.63, 3.8) is 0 Å². The predicted molar refractivity (Wildman–Crippen MR) is 172 cm³/mol. The number of nitrogens with zero attached hydrogens (tertiary/aromatic N) is 3. The topological polar surface area (TPSA) is 91.8 Å². The maximum atomic E-state index is 13.5. The molecule has 1 fully saturated rings. The Morgan fingerprint density at radius 2 is 1.20 bits per heavy atom. The lowest BCUT2D eigenvalue weighted by molar-refractivity contribution is 0.0628. The van der Waals surface area contributed by atoms with E-state index in [9.17, 15) is 4.79 Å². The maximum absolute atomic E-state index is 13.5. The Hall–Kier alpha value is -4.96. The van der Waals surface area contributed by atoms with Crippen LogP contribution in [-0.4, -0.2) is 89.5 Å². The van der Waals surface area contributed by atoms with Gasteiger partial charge in [0, 0.05) is 50.0 Å². The summed E-state index contributed by atoms with van der Waals surface area (Å²) in [6.07, 6.45) is 1.81. The molecular formula is C35H39N3O7. The molecule has 5 rings (SSSR count). The number of hydrogen-bond acceptors (Lipinski definition) is 9. The number of ether oxygens (including phenoxy) is 6. The van der Waals surface area contributed by atoms with Crippen molar-refractivity contribution in [3.8, 4) is 56.9 Å². The molecule has 0 aliphatic carbocycles. The summed E-state index contributed by atoms with van der Waals surface area (Å²) < 4.78 is 33.0. The molecule has 10 heteroatoms. The third kappa shape index (κ3) is 6.76. The van der Waals surface area contributed by atoms with E-state index in [2.05, 4.69) is 16.0 Å². The molecule has 1 aliphatic heterocycles. The maximum Gasteiger partial charge on any atom is 0.253 e. The number of rotatable bonds is 11. The van der Waals surface area contributed by atoms with Gasteiger partial charge in [0.15, 0.2) is 23.0 Å². The van der Waals surface area contributed by atoms with Gasteiger partial charge in [-0.1, -0.05) is 12.1 Å². The molecule has 0 spiro atoms. The summed E-state index contributed by atoms with van der Waals surface area (Å²) in [5.41, 5.74) is 5.21. The Labute approximate surface area is 264 Å². The molecule has 1 amide bonds. The van der Waals surface area contributed by atoms with Crippen LogP contribution in [0.5, 0.6) is 34.5 Å². The number of amides is 1. The van der Waals surface area contributed by atoms with E-state index in [0.717, 1.165) is 47.6 Å². The van der Waals surface area contributed by atoms with Crippen molar-refractivity contribution >= 4 is 5.91 Å². The van der Waals surface area contributed by atoms with Crippen LogP contribution >= 0.6 is 0 Å². The van der Waals surface area contributed by atoms with Crippen LogP contribution in [0.4, 0.5) is 0 Å². The lowest BCUT2D eigenvalue weighted by Crippen LogP contribution is -2.48. The zero-order valence-electron chi connectivity index (χ0n) is 26.6. The van der Waals surface area contributed by atoms with E-state index in [1.54, 1.807) is 42.7 Å². The quantitative estimate of drug-likeness (QED) is 0.220. The number of aromatic nitrogens is 1. The highest BCUT2D eigenvalue weighted by Gasteiger charge is 2.23. The molecule has 1 aliphatic rings. The largest absolute Gasteiger partial charge is 0.493 e. The molecule has 1 aromatic heterocycles. The highest BCUT2D eigenvalue weighted by molar-refractivity contribution is 5.95. The molecule has 0 N–H and O–H groups in total. The van der Waals surface area contributed by atoms with Crippen LogP contribution in [0.3, 0.4) is 0 Å². The number of piperazine rings is 1. The van der Waals surface area contributed by atoms with Crippen LogP contribution in [0, 0.1) is 0 Å². The number of methoxy groups -OCH3 is 6. The second-order valence-electron chi connectivity index (χ2n) is 10.5. The fourth-order valence-corrected chi connectivity index (χ4v) is 5.59. The first-order valence-corrected chi connectivity index (χ1v) is 14.6. The van der Waals surface area contributed by atoms with Crippen LogP contribution in [0.15, 0.2) is 66.9 Å². The van der Waals surface area contributed by atoms with Crippen molar-refractivity contribution < 1.29 is 33.2 Å². The van der Waals surface area contributed by atoms with Crippen molar-refractivity contribution in [2.45, 2.75) is 6.54 Å². The predicted octanol–water partition coefficient (Wildman–Crippen LogP) is 5.43. The van der Waals surface area contributed by atoms with Gasteiger partial charge in [0.1, 0.15) is 0 Å². The number of hydrogen-bond donors (Lipinski definition) is 0. The van der Waals surface area contributed by atoms with Crippen LogP contribution in [0.25, 0.3) is 22.4 Å². The van der Waals surface area contributed by atoms with Crippen molar-refractivity contribution in [1.82, 2.24) is 14.8 Å². The van der Waals surface area contributed by atoms with Crippen molar-refractivity contribution in [3.05, 3.63) is 78.0 Å². The number of carbonyl (C=O) groups excluding carboxylic acids is 1. The lowest BCUT2D eigenvalue weighted by atomic mass is 10.0. The van der Waals surface area contributed by atoms with E-state index >= 15 is 0 Å². The highest BCUT2D eigenvalue weighted by atomic mass is 16.5. The van der Waals surface area contributed by atoms with Gasteiger partial charge in [0.25, 0.3) is 5.91 Å². The van der Waals surface area contributed by atoms with E-state index in [1.807, 2.05) is 65.7 Å². The van der Waals surface area contributed by atoms with Crippen LogP contribution in [0.1, 0.15) is 15.9 Å². The molecule has 0 atom stereocenters. The molecule has 4 aromatic rings. The fourth-order valence-electron chi connectivity index (χ4n) is 5.59. The van der Waals surface area contributed by atoms with Crippen molar-refractivity contribution in [2.24, 2.45) is 0 Å². The molecule has 10 nitrogen and oxygen atoms in total. The first kappa shape index (κ1) is 31.5. The SMILES string of the molecule is COc1cc(-c2cccc(C(=O)N3CCN(Cc4ccnc(-c5cc(OC)c(OC)c(OC)c5)c4)CC3)c2)cc(OC)c1OC. The van der Waals surface area contributed by atoms with E-state index < -0.39 is 0 Å². The van der Waals surface area contributed by atoms with E-state index in [4.69, 9.17) is 28.4 Å². The Morgan fingerprint density at radius 1 is 0.644 bits per heavy atom. The minimum absolute atomic E-state index is 0.0116. The summed E-state index contributed by atoms with van der Waals surface area (Å²) in [4.78, 5) is 22.4. The Morgan fingerprint density at radius 3 is 1.73 bits per heavy atom. The first-order valence-electron chi connectivity index (χ1n) is 14.6. The second kappa shape index (κ2) is 14.2. The molecule has 45 heavy (non-hydrogen) atoms. The monoisotopic (exact) mass is 613 g/mol. The van der Waals surface area contributed by atoms with Crippen molar-refractivity contribution in [1.29, 1.82) is 0 Å². The zero-order valence-corrected chi connectivity index (χ0v) is 26.6. The van der Waals surface area contributed by atoms with Gasteiger partial charge in [-0.3, -0.25) is 14.7 Å². The standard InChI is InChI=1S/C35H39N3O7/c1-40-29-18-26(19-30(41-2)33(29)44-5)24-8-7-9-25(17-24)35(39)38-14-12-37(13-15-38)22-23-10-11-36-28(16-23)27-20-31(42-3)34(45-6)32(21-27)43-4/h7-11,16-21H,12-15,22H2,1-6H3. The summed E-state index contributed by atoms with van der Waals surface area (Å²) in [5.74, 6) is 3.35. The van der Waals surface area contributed by atoms with E-state index in [0.29, 0.717) is 53.2 Å². The Bertz CT molecular complexity index is 1600. The van der Waals surface area contributed by atoms with Gasteiger partial charge >= 0.3 is 0 Å².